The highest BCUT2D eigenvalue weighted by atomic mass is 16.5. The van der Waals surface area contributed by atoms with E-state index in [2.05, 4.69) is 76.2 Å². The summed E-state index contributed by atoms with van der Waals surface area (Å²) in [4.78, 5) is 4.57. The van der Waals surface area contributed by atoms with Crippen molar-refractivity contribution < 1.29 is 4.52 Å². The molecule has 0 amide bonds. The highest BCUT2D eigenvalue weighted by molar-refractivity contribution is 6.09. The van der Waals surface area contributed by atoms with Gasteiger partial charge in [0, 0.05) is 27.6 Å². The van der Waals surface area contributed by atoms with Crippen LogP contribution in [0, 0.1) is 6.92 Å². The lowest BCUT2D eigenvalue weighted by Gasteiger charge is -2.08. The van der Waals surface area contributed by atoms with Gasteiger partial charge in [0.15, 0.2) is 0 Å². The van der Waals surface area contributed by atoms with Crippen LogP contribution in [-0.4, -0.2) is 14.7 Å². The molecule has 2 aromatic heterocycles. The Balaban J connectivity index is 1.44. The normalized spacial score (nSPS) is 11.4. The molecule has 2 heterocycles. The third kappa shape index (κ3) is 2.92. The molecule has 0 atom stereocenters. The number of fused-ring (bicyclic) bond motifs is 3. The van der Waals surface area contributed by atoms with Gasteiger partial charge < -0.3 is 9.09 Å². The molecule has 4 heteroatoms. The number of aryl methyl sites for hydroxylation is 1. The molecule has 6 rings (SSSR count). The number of nitrogens with zero attached hydrogens (tertiary/aromatic N) is 3. The van der Waals surface area contributed by atoms with Crippen molar-refractivity contribution in [3.63, 3.8) is 0 Å². The van der Waals surface area contributed by atoms with Crippen molar-refractivity contribution in [1.82, 2.24) is 14.7 Å². The van der Waals surface area contributed by atoms with E-state index < -0.39 is 0 Å². The first-order chi connectivity index (χ1) is 15.3. The standard InChI is InChI=1S/C27H19N3O/c1-18-11-16-25-23(17-18)22-9-5-6-10-24(22)30(25)21-14-12-20(13-15-21)27-28-26(29-31-27)19-7-3-2-4-8-19/h2-17H,1H3. The van der Waals surface area contributed by atoms with Gasteiger partial charge in [-0.15, -0.1) is 0 Å². The van der Waals surface area contributed by atoms with Crippen molar-refractivity contribution in [2.24, 2.45) is 0 Å². The number of hydrogen-bond donors (Lipinski definition) is 0. The Labute approximate surface area is 179 Å². The van der Waals surface area contributed by atoms with Gasteiger partial charge >= 0.3 is 0 Å². The minimum absolute atomic E-state index is 0.517. The molecule has 0 aliphatic heterocycles. The van der Waals surface area contributed by atoms with Crippen LogP contribution in [0.1, 0.15) is 5.56 Å². The van der Waals surface area contributed by atoms with Gasteiger partial charge in [-0.1, -0.05) is 65.3 Å². The molecule has 148 valence electrons. The first kappa shape index (κ1) is 17.7. The third-order valence-corrected chi connectivity index (χ3v) is 5.66. The summed E-state index contributed by atoms with van der Waals surface area (Å²) in [5, 5.41) is 6.66. The maximum absolute atomic E-state index is 5.52. The first-order valence-electron chi connectivity index (χ1n) is 10.3. The second-order valence-electron chi connectivity index (χ2n) is 7.71. The Morgan fingerprint density at radius 1 is 0.677 bits per heavy atom. The molecule has 0 aliphatic rings. The summed E-state index contributed by atoms with van der Waals surface area (Å²) in [7, 11) is 0. The van der Waals surface area contributed by atoms with Crippen molar-refractivity contribution in [2.75, 3.05) is 0 Å². The molecule has 6 aromatic rings. The number of benzene rings is 4. The van der Waals surface area contributed by atoms with Crippen molar-refractivity contribution >= 4 is 21.8 Å². The van der Waals surface area contributed by atoms with Crippen LogP contribution in [0.3, 0.4) is 0 Å². The molecule has 0 unspecified atom stereocenters. The van der Waals surface area contributed by atoms with Crippen molar-refractivity contribution in [3.05, 3.63) is 103 Å². The Kier molecular flexibility index (Phi) is 3.96. The predicted molar refractivity (Wildman–Crippen MR) is 124 cm³/mol. The highest BCUT2D eigenvalue weighted by Gasteiger charge is 2.14. The Hall–Kier alpha value is -4.18. The lowest BCUT2D eigenvalue weighted by Crippen LogP contribution is -1.93. The summed E-state index contributed by atoms with van der Waals surface area (Å²) in [6, 6.07) is 33.3. The maximum Gasteiger partial charge on any atom is 0.258 e. The van der Waals surface area contributed by atoms with E-state index in [-0.39, 0.29) is 0 Å². The van der Waals surface area contributed by atoms with Crippen molar-refractivity contribution in [3.8, 4) is 28.5 Å². The van der Waals surface area contributed by atoms with E-state index in [1.165, 1.54) is 27.4 Å². The molecule has 0 saturated carbocycles. The van der Waals surface area contributed by atoms with Gasteiger partial charge in [-0.25, -0.2) is 0 Å². The summed E-state index contributed by atoms with van der Waals surface area (Å²) >= 11 is 0. The minimum Gasteiger partial charge on any atom is -0.334 e. The second-order valence-corrected chi connectivity index (χ2v) is 7.71. The largest absolute Gasteiger partial charge is 0.334 e. The average Bonchev–Trinajstić information content (AvgIpc) is 3.43. The average molecular weight is 401 g/mol. The fourth-order valence-electron chi connectivity index (χ4n) is 4.16. The molecule has 0 aliphatic carbocycles. The van der Waals surface area contributed by atoms with Gasteiger partial charge in [-0.3, -0.25) is 0 Å². The van der Waals surface area contributed by atoms with E-state index >= 15 is 0 Å². The monoisotopic (exact) mass is 401 g/mol. The first-order valence-corrected chi connectivity index (χ1v) is 10.3. The highest BCUT2D eigenvalue weighted by Crippen LogP contribution is 2.33. The van der Waals surface area contributed by atoms with E-state index in [9.17, 15) is 0 Å². The van der Waals surface area contributed by atoms with Gasteiger partial charge in [0.05, 0.1) is 11.0 Å². The van der Waals surface area contributed by atoms with Crippen molar-refractivity contribution in [1.29, 1.82) is 0 Å². The van der Waals surface area contributed by atoms with Crippen LogP contribution in [-0.2, 0) is 0 Å². The Morgan fingerprint density at radius 2 is 1.42 bits per heavy atom. The van der Waals surface area contributed by atoms with Gasteiger partial charge in [-0.05, 0) is 49.4 Å². The van der Waals surface area contributed by atoms with Crippen LogP contribution in [0.4, 0.5) is 0 Å². The Morgan fingerprint density at radius 3 is 2.26 bits per heavy atom. The van der Waals surface area contributed by atoms with E-state index in [1.807, 2.05) is 42.5 Å². The summed E-state index contributed by atoms with van der Waals surface area (Å²) in [6.07, 6.45) is 0. The zero-order valence-electron chi connectivity index (χ0n) is 17.0. The molecule has 0 saturated heterocycles. The van der Waals surface area contributed by atoms with E-state index in [0.29, 0.717) is 11.7 Å². The van der Waals surface area contributed by atoms with Crippen LogP contribution >= 0.6 is 0 Å². The number of para-hydroxylation sites is 1. The predicted octanol–water partition coefficient (Wildman–Crippen LogP) is 6.81. The second kappa shape index (κ2) is 6.96. The van der Waals surface area contributed by atoms with Gasteiger partial charge in [-0.2, -0.15) is 4.98 Å². The molecule has 0 radical (unpaired) electrons. The fourth-order valence-corrected chi connectivity index (χ4v) is 4.16. The minimum atomic E-state index is 0.517. The Bertz CT molecular complexity index is 1530. The van der Waals surface area contributed by atoms with Crippen LogP contribution < -0.4 is 0 Å². The summed E-state index contributed by atoms with van der Waals surface area (Å²) in [6.45, 7) is 2.13. The SMILES string of the molecule is Cc1ccc2c(c1)c1ccccc1n2-c1ccc(-c2nc(-c3ccccc3)no2)cc1. The van der Waals surface area contributed by atoms with Crippen LogP contribution in [0.25, 0.3) is 50.3 Å². The smallest absolute Gasteiger partial charge is 0.258 e. The molecule has 4 nitrogen and oxygen atoms in total. The van der Waals surface area contributed by atoms with Gasteiger partial charge in [0.25, 0.3) is 5.89 Å². The molecule has 0 bridgehead atoms. The molecule has 31 heavy (non-hydrogen) atoms. The molecule has 0 fully saturated rings. The molecular weight excluding hydrogens is 382 g/mol. The fraction of sp³-hybridized carbons (Fsp3) is 0.0370. The van der Waals surface area contributed by atoms with Crippen molar-refractivity contribution in [2.45, 2.75) is 6.92 Å². The maximum atomic E-state index is 5.52. The summed E-state index contributed by atoms with van der Waals surface area (Å²) in [5.41, 5.74) is 6.59. The van der Waals surface area contributed by atoms with Crippen LogP contribution in [0.15, 0.2) is 102 Å². The zero-order valence-corrected chi connectivity index (χ0v) is 17.0. The molecule has 0 N–H and O–H groups in total. The van der Waals surface area contributed by atoms with Crippen LogP contribution in [0.5, 0.6) is 0 Å². The quantitative estimate of drug-likeness (QED) is 0.327. The molecule has 4 aromatic carbocycles. The van der Waals surface area contributed by atoms with Gasteiger partial charge in [0.1, 0.15) is 0 Å². The molecule has 0 spiro atoms. The topological polar surface area (TPSA) is 43.9 Å². The van der Waals surface area contributed by atoms with Gasteiger partial charge in [0.2, 0.25) is 5.82 Å². The zero-order chi connectivity index (χ0) is 20.8. The molecular formula is C27H19N3O. The van der Waals surface area contributed by atoms with Crippen LogP contribution in [0.2, 0.25) is 0 Å². The van der Waals surface area contributed by atoms with E-state index in [0.717, 1.165) is 16.8 Å². The van der Waals surface area contributed by atoms with E-state index in [1.54, 1.807) is 0 Å². The number of aromatic nitrogens is 3. The number of rotatable bonds is 3. The number of hydrogen-bond acceptors (Lipinski definition) is 3. The summed E-state index contributed by atoms with van der Waals surface area (Å²) in [5.74, 6) is 1.11. The van der Waals surface area contributed by atoms with E-state index in [4.69, 9.17) is 4.52 Å². The third-order valence-electron chi connectivity index (χ3n) is 5.66. The summed E-state index contributed by atoms with van der Waals surface area (Å²) < 4.78 is 7.82. The lowest BCUT2D eigenvalue weighted by molar-refractivity contribution is 0.432. The lowest BCUT2D eigenvalue weighted by atomic mass is 10.1.